The lowest BCUT2D eigenvalue weighted by Crippen LogP contribution is -2.40. The average Bonchev–Trinajstić information content (AvgIpc) is 3.52. The molecule has 182 valence electrons. The van der Waals surface area contributed by atoms with Crippen LogP contribution in [-0.4, -0.2) is 48.0 Å². The number of nitrogens with two attached hydrogens (primary N) is 1. The van der Waals surface area contributed by atoms with Crippen LogP contribution >= 0.6 is 15.9 Å². The van der Waals surface area contributed by atoms with Crippen LogP contribution in [0.15, 0.2) is 22.7 Å². The second kappa shape index (κ2) is 8.62. The number of carbonyl (C=O) groups is 1. The van der Waals surface area contributed by atoms with Gasteiger partial charge in [-0.15, -0.1) is 0 Å². The minimum Gasteiger partial charge on any atom is -0.398 e. The Hall–Kier alpha value is -2.49. The average molecular weight is 535 g/mol. The third-order valence-corrected chi connectivity index (χ3v) is 7.78. The minimum atomic E-state index is -2.65. The van der Waals surface area contributed by atoms with Crippen LogP contribution in [0.4, 0.5) is 31.9 Å². The highest BCUT2D eigenvalue weighted by atomic mass is 79.9. The molecule has 0 atom stereocenters. The van der Waals surface area contributed by atoms with E-state index < -0.39 is 5.92 Å². The molecule has 3 heterocycles. The Kier molecular flexibility index (Phi) is 5.90. The molecule has 7 nitrogen and oxygen atoms in total. The van der Waals surface area contributed by atoms with Gasteiger partial charge in [0.05, 0.1) is 11.3 Å². The lowest BCUT2D eigenvalue weighted by molar-refractivity contribution is -0.0222. The largest absolute Gasteiger partial charge is 0.398 e. The van der Waals surface area contributed by atoms with E-state index in [9.17, 15) is 13.6 Å². The van der Waals surface area contributed by atoms with Crippen LogP contribution in [0.2, 0.25) is 0 Å². The number of nitrogens with one attached hydrogen (secondary N) is 1. The first kappa shape index (κ1) is 23.3. The molecular formula is C24H29BrF2N6O. The van der Waals surface area contributed by atoms with E-state index >= 15 is 0 Å². The summed E-state index contributed by atoms with van der Waals surface area (Å²) in [5, 5.41) is 2.88. The molecule has 1 saturated carbocycles. The molecule has 0 unspecified atom stereocenters. The molecule has 3 N–H and O–H groups in total. The maximum Gasteiger partial charge on any atom is 0.261 e. The first-order valence-corrected chi connectivity index (χ1v) is 12.6. The Bertz CT molecular complexity index is 1100. The molecule has 1 amide bonds. The molecular weight excluding hydrogens is 506 g/mol. The van der Waals surface area contributed by atoms with Crippen LogP contribution in [0.3, 0.4) is 0 Å². The molecule has 3 fully saturated rings. The van der Waals surface area contributed by atoms with Crippen molar-refractivity contribution in [2.45, 2.75) is 51.4 Å². The summed E-state index contributed by atoms with van der Waals surface area (Å²) in [6.45, 7) is 3.92. The fraction of sp³-hybridized carbons (Fsp3) is 0.542. The zero-order chi connectivity index (χ0) is 24.1. The molecule has 2 aliphatic heterocycles. The molecule has 34 heavy (non-hydrogen) atoms. The highest BCUT2D eigenvalue weighted by molar-refractivity contribution is 9.10. The summed E-state index contributed by atoms with van der Waals surface area (Å²) in [6.07, 6.45) is 4.40. The van der Waals surface area contributed by atoms with Gasteiger partial charge in [0.2, 0.25) is 5.95 Å². The maximum absolute atomic E-state index is 13.6. The second-order valence-corrected chi connectivity index (χ2v) is 10.8. The van der Waals surface area contributed by atoms with Crippen molar-refractivity contribution < 1.29 is 13.6 Å². The van der Waals surface area contributed by atoms with Crippen molar-refractivity contribution in [3.8, 4) is 0 Å². The van der Waals surface area contributed by atoms with Gasteiger partial charge in [-0.2, -0.15) is 4.98 Å². The van der Waals surface area contributed by atoms with E-state index in [0.29, 0.717) is 34.1 Å². The van der Waals surface area contributed by atoms with E-state index in [-0.39, 0.29) is 31.8 Å². The third-order valence-electron chi connectivity index (χ3n) is 7.32. The van der Waals surface area contributed by atoms with Crippen LogP contribution in [0.5, 0.6) is 0 Å². The zero-order valence-electron chi connectivity index (χ0n) is 19.2. The molecule has 0 radical (unpaired) electrons. The van der Waals surface area contributed by atoms with E-state index in [1.165, 1.54) is 12.8 Å². The summed E-state index contributed by atoms with van der Waals surface area (Å²) in [4.78, 5) is 26.3. The number of anilines is 4. The van der Waals surface area contributed by atoms with Crippen LogP contribution in [0, 0.1) is 12.3 Å². The van der Waals surface area contributed by atoms with Gasteiger partial charge in [0.25, 0.3) is 11.8 Å². The topological polar surface area (TPSA) is 87.4 Å². The predicted octanol–water partition coefficient (Wildman–Crippen LogP) is 5.00. The number of nitrogens with zero attached hydrogens (tertiary/aromatic N) is 4. The molecule has 0 bridgehead atoms. The minimum absolute atomic E-state index is 0.171. The molecule has 3 aliphatic rings. The number of aromatic nitrogens is 2. The highest BCUT2D eigenvalue weighted by Crippen LogP contribution is 2.54. The van der Waals surface area contributed by atoms with E-state index in [0.717, 1.165) is 36.1 Å². The van der Waals surface area contributed by atoms with E-state index in [2.05, 4.69) is 36.1 Å². The number of amides is 1. The number of carbonyl (C=O) groups excluding carboxylic acids is 1. The quantitative estimate of drug-likeness (QED) is 0.536. The van der Waals surface area contributed by atoms with E-state index in [4.69, 9.17) is 5.73 Å². The first-order valence-electron chi connectivity index (χ1n) is 11.8. The van der Waals surface area contributed by atoms with Crippen molar-refractivity contribution in [3.63, 3.8) is 0 Å². The Balaban J connectivity index is 1.38. The fourth-order valence-electron chi connectivity index (χ4n) is 4.98. The highest BCUT2D eigenvalue weighted by Gasteiger charge is 2.44. The molecule has 5 rings (SSSR count). The number of hydrogen-bond donors (Lipinski definition) is 2. The van der Waals surface area contributed by atoms with Gasteiger partial charge in [0.15, 0.2) is 0 Å². The second-order valence-electron chi connectivity index (χ2n) is 9.87. The summed E-state index contributed by atoms with van der Waals surface area (Å²) in [6, 6.07) is 5.35. The summed E-state index contributed by atoms with van der Waals surface area (Å²) in [5.74, 6) is -2.32. The molecule has 2 aromatic rings. The van der Waals surface area contributed by atoms with Crippen LogP contribution in [-0.2, 0) is 0 Å². The maximum atomic E-state index is 13.6. The monoisotopic (exact) mass is 534 g/mol. The third kappa shape index (κ3) is 4.82. The molecule has 1 aliphatic carbocycles. The van der Waals surface area contributed by atoms with Crippen molar-refractivity contribution in [2.75, 3.05) is 47.0 Å². The number of halogens is 3. The van der Waals surface area contributed by atoms with Gasteiger partial charge in [0, 0.05) is 60.9 Å². The number of aryl methyl sites for hydroxylation is 1. The van der Waals surface area contributed by atoms with Gasteiger partial charge >= 0.3 is 0 Å². The molecule has 1 spiro atoms. The number of hydrogen-bond acceptors (Lipinski definition) is 6. The Morgan fingerprint density at radius 3 is 2.29 bits per heavy atom. The number of piperidine rings is 2. The van der Waals surface area contributed by atoms with Gasteiger partial charge in [-0.3, -0.25) is 4.79 Å². The lowest BCUT2D eigenvalue weighted by atomic mass is 9.93. The number of nitrogen functional groups attached to an aromatic ring is 1. The van der Waals surface area contributed by atoms with Crippen molar-refractivity contribution >= 4 is 45.0 Å². The molecule has 1 aromatic carbocycles. The van der Waals surface area contributed by atoms with Crippen molar-refractivity contribution in [3.05, 3.63) is 33.9 Å². The number of benzene rings is 1. The Labute approximate surface area is 206 Å². The van der Waals surface area contributed by atoms with E-state index in [1.807, 2.05) is 6.07 Å². The van der Waals surface area contributed by atoms with Crippen LogP contribution < -0.4 is 20.9 Å². The van der Waals surface area contributed by atoms with Crippen molar-refractivity contribution in [1.82, 2.24) is 9.97 Å². The van der Waals surface area contributed by atoms with Crippen molar-refractivity contribution in [1.29, 1.82) is 0 Å². The SMILES string of the molecule is Cc1cc(NC(=O)c2c(N)cc(Br)cc2N2CCC3(CC2)CC3)nc(N2CCC(F)(F)CC2)n1. The van der Waals surface area contributed by atoms with Gasteiger partial charge in [0.1, 0.15) is 5.82 Å². The lowest BCUT2D eigenvalue weighted by Gasteiger charge is -2.35. The molecule has 10 heteroatoms. The first-order chi connectivity index (χ1) is 16.1. The predicted molar refractivity (Wildman–Crippen MR) is 133 cm³/mol. The number of alkyl halides is 2. The standard InChI is InChI=1S/C24H29BrF2N6O/c1-15-12-19(31-22(29-15)33-10-6-24(26,27)7-11-33)30-21(34)20-17(28)13-16(25)14-18(20)32-8-4-23(2-3-23)5-9-32/h12-14H,2-11,28H2,1H3,(H,29,30,31,34). The zero-order valence-corrected chi connectivity index (χ0v) is 20.8. The number of rotatable bonds is 4. The Morgan fingerprint density at radius 1 is 1.00 bits per heavy atom. The van der Waals surface area contributed by atoms with Gasteiger partial charge in [-0.25, -0.2) is 13.8 Å². The summed E-state index contributed by atoms with van der Waals surface area (Å²) >= 11 is 3.52. The summed E-state index contributed by atoms with van der Waals surface area (Å²) < 4.78 is 28.0. The Morgan fingerprint density at radius 2 is 1.65 bits per heavy atom. The summed E-state index contributed by atoms with van der Waals surface area (Å²) in [5.41, 5.74) is 9.10. The fourth-order valence-corrected chi connectivity index (χ4v) is 5.44. The van der Waals surface area contributed by atoms with Gasteiger partial charge < -0.3 is 20.9 Å². The normalized spacial score (nSPS) is 20.9. The summed E-state index contributed by atoms with van der Waals surface area (Å²) in [7, 11) is 0. The molecule has 1 aromatic heterocycles. The van der Waals surface area contributed by atoms with Crippen LogP contribution in [0.1, 0.15) is 54.6 Å². The van der Waals surface area contributed by atoms with Gasteiger partial charge in [-0.05, 0) is 50.2 Å². The van der Waals surface area contributed by atoms with Crippen molar-refractivity contribution in [2.24, 2.45) is 5.41 Å². The van der Waals surface area contributed by atoms with Crippen LogP contribution in [0.25, 0.3) is 0 Å². The van der Waals surface area contributed by atoms with Gasteiger partial charge in [-0.1, -0.05) is 15.9 Å². The smallest absolute Gasteiger partial charge is 0.261 e. The van der Waals surface area contributed by atoms with E-state index in [1.54, 1.807) is 24.0 Å². The molecule has 2 saturated heterocycles.